The monoisotopic (exact) mass is 276 g/mol. The van der Waals surface area contributed by atoms with E-state index < -0.39 is 0 Å². The Morgan fingerprint density at radius 1 is 1.30 bits per heavy atom. The van der Waals surface area contributed by atoms with Crippen LogP contribution in [0.25, 0.3) is 0 Å². The van der Waals surface area contributed by atoms with Gasteiger partial charge < -0.3 is 9.91 Å². The van der Waals surface area contributed by atoms with Crippen LogP contribution in [0.15, 0.2) is 23.3 Å². The van der Waals surface area contributed by atoms with Gasteiger partial charge in [-0.2, -0.15) is 5.10 Å². The molecule has 0 radical (unpaired) electrons. The smallest absolute Gasteiger partial charge is 0.270 e. The molecule has 6 heteroatoms. The molecule has 0 bridgehead atoms. The molecule has 0 atom stereocenters. The molecule has 0 amide bonds. The standard InChI is InChI=1S/C14H20N4O2/c1-16(2)15-11-12-10-13(18(19)20)6-7-14(12)17-8-4-3-5-9-17/h6-7,10-11H,3-5,8-9H2,1-2H3. The summed E-state index contributed by atoms with van der Waals surface area (Å²) in [7, 11) is 3.66. The van der Waals surface area contributed by atoms with Crippen molar-refractivity contribution < 1.29 is 4.92 Å². The number of rotatable bonds is 4. The van der Waals surface area contributed by atoms with Gasteiger partial charge in [-0.05, 0) is 25.3 Å². The van der Waals surface area contributed by atoms with Gasteiger partial charge in [0.15, 0.2) is 0 Å². The molecule has 6 nitrogen and oxygen atoms in total. The van der Waals surface area contributed by atoms with Crippen LogP contribution in [0.5, 0.6) is 0 Å². The Labute approximate surface area is 118 Å². The molecule has 1 aromatic carbocycles. The third-order valence-corrected chi connectivity index (χ3v) is 3.35. The molecule has 1 aromatic rings. The number of piperidine rings is 1. The predicted octanol–water partition coefficient (Wildman–Crippen LogP) is 2.48. The Bertz CT molecular complexity index is 508. The highest BCUT2D eigenvalue weighted by Gasteiger charge is 2.16. The van der Waals surface area contributed by atoms with Crippen molar-refractivity contribution >= 4 is 17.6 Å². The molecule has 1 saturated heterocycles. The van der Waals surface area contributed by atoms with Crippen molar-refractivity contribution in [2.45, 2.75) is 19.3 Å². The Kier molecular flexibility index (Phi) is 4.55. The summed E-state index contributed by atoms with van der Waals surface area (Å²) in [6.45, 7) is 2.00. The van der Waals surface area contributed by atoms with Crippen LogP contribution in [0.2, 0.25) is 0 Å². The Morgan fingerprint density at radius 3 is 2.60 bits per heavy atom. The fourth-order valence-electron chi connectivity index (χ4n) is 2.36. The molecule has 1 aliphatic rings. The van der Waals surface area contributed by atoms with E-state index in [2.05, 4.69) is 10.0 Å². The molecule has 2 rings (SSSR count). The third kappa shape index (κ3) is 3.46. The quantitative estimate of drug-likeness (QED) is 0.481. The van der Waals surface area contributed by atoms with Crippen LogP contribution >= 0.6 is 0 Å². The largest absolute Gasteiger partial charge is 0.371 e. The lowest BCUT2D eigenvalue weighted by Gasteiger charge is -2.30. The highest BCUT2D eigenvalue weighted by Crippen LogP contribution is 2.26. The molecule has 0 saturated carbocycles. The van der Waals surface area contributed by atoms with Crippen molar-refractivity contribution in [3.05, 3.63) is 33.9 Å². The number of hydrogen-bond acceptors (Lipinski definition) is 5. The van der Waals surface area contributed by atoms with E-state index >= 15 is 0 Å². The first-order valence-corrected chi connectivity index (χ1v) is 6.82. The zero-order valence-electron chi connectivity index (χ0n) is 12.0. The van der Waals surface area contributed by atoms with Gasteiger partial charge in [0, 0.05) is 50.6 Å². The zero-order valence-corrected chi connectivity index (χ0v) is 12.0. The molecule has 0 spiro atoms. The maximum atomic E-state index is 10.9. The summed E-state index contributed by atoms with van der Waals surface area (Å²) >= 11 is 0. The SMILES string of the molecule is CN(C)N=Cc1cc([N+](=O)[O-])ccc1N1CCCCC1. The highest BCUT2D eigenvalue weighted by molar-refractivity contribution is 5.89. The van der Waals surface area contributed by atoms with Gasteiger partial charge in [-0.3, -0.25) is 10.1 Å². The number of hydrazone groups is 1. The van der Waals surface area contributed by atoms with Gasteiger partial charge in [0.1, 0.15) is 0 Å². The zero-order chi connectivity index (χ0) is 14.5. The number of benzene rings is 1. The summed E-state index contributed by atoms with van der Waals surface area (Å²) in [6.07, 6.45) is 5.28. The number of non-ortho nitro benzene ring substituents is 1. The first kappa shape index (κ1) is 14.3. The van der Waals surface area contributed by atoms with Crippen LogP contribution in [0.3, 0.4) is 0 Å². The first-order chi connectivity index (χ1) is 9.58. The molecule has 20 heavy (non-hydrogen) atoms. The van der Waals surface area contributed by atoms with E-state index in [1.54, 1.807) is 23.4 Å². The molecule has 1 heterocycles. The molecule has 0 unspecified atom stereocenters. The van der Waals surface area contributed by atoms with Crippen LogP contribution in [-0.4, -0.2) is 43.3 Å². The van der Waals surface area contributed by atoms with E-state index in [9.17, 15) is 10.1 Å². The van der Waals surface area contributed by atoms with E-state index in [1.807, 2.05) is 20.2 Å². The summed E-state index contributed by atoms with van der Waals surface area (Å²) in [5, 5.41) is 16.8. The minimum Gasteiger partial charge on any atom is -0.371 e. The van der Waals surface area contributed by atoms with Crippen molar-refractivity contribution in [2.24, 2.45) is 5.10 Å². The number of nitrogens with zero attached hydrogens (tertiary/aromatic N) is 4. The summed E-state index contributed by atoms with van der Waals surface area (Å²) in [5.41, 5.74) is 1.93. The lowest BCUT2D eigenvalue weighted by molar-refractivity contribution is -0.384. The van der Waals surface area contributed by atoms with Gasteiger partial charge >= 0.3 is 0 Å². The molecule has 0 aliphatic carbocycles. The summed E-state index contributed by atoms with van der Waals surface area (Å²) in [6, 6.07) is 4.99. The van der Waals surface area contributed by atoms with Crippen LogP contribution in [-0.2, 0) is 0 Å². The molecule has 0 N–H and O–H groups in total. The Balaban J connectivity index is 2.35. The summed E-state index contributed by atoms with van der Waals surface area (Å²) < 4.78 is 0. The van der Waals surface area contributed by atoms with Crippen molar-refractivity contribution in [3.63, 3.8) is 0 Å². The van der Waals surface area contributed by atoms with Crippen molar-refractivity contribution in [1.29, 1.82) is 0 Å². The number of anilines is 1. The average molecular weight is 276 g/mol. The van der Waals surface area contributed by atoms with Gasteiger partial charge in [-0.15, -0.1) is 0 Å². The van der Waals surface area contributed by atoms with Gasteiger partial charge in [-0.25, -0.2) is 0 Å². The number of nitro groups is 1. The second kappa shape index (κ2) is 6.36. The summed E-state index contributed by atoms with van der Waals surface area (Å²) in [5.74, 6) is 0. The highest BCUT2D eigenvalue weighted by atomic mass is 16.6. The van der Waals surface area contributed by atoms with Gasteiger partial charge in [0.2, 0.25) is 0 Å². The van der Waals surface area contributed by atoms with Gasteiger partial charge in [0.25, 0.3) is 5.69 Å². The van der Waals surface area contributed by atoms with Crippen LogP contribution in [0, 0.1) is 10.1 Å². The van der Waals surface area contributed by atoms with E-state index in [4.69, 9.17) is 0 Å². The first-order valence-electron chi connectivity index (χ1n) is 6.82. The van der Waals surface area contributed by atoms with E-state index in [0.29, 0.717) is 0 Å². The number of hydrogen-bond donors (Lipinski definition) is 0. The third-order valence-electron chi connectivity index (χ3n) is 3.35. The van der Waals surface area contributed by atoms with Gasteiger partial charge in [-0.1, -0.05) is 0 Å². The topological polar surface area (TPSA) is 62.0 Å². The van der Waals surface area contributed by atoms with Crippen molar-refractivity contribution in [2.75, 3.05) is 32.1 Å². The molecular formula is C14H20N4O2. The van der Waals surface area contributed by atoms with E-state index in [0.717, 1.165) is 24.3 Å². The van der Waals surface area contributed by atoms with Crippen molar-refractivity contribution in [3.8, 4) is 0 Å². The van der Waals surface area contributed by atoms with Crippen LogP contribution < -0.4 is 4.90 Å². The Morgan fingerprint density at radius 2 is 2.00 bits per heavy atom. The fourth-order valence-corrected chi connectivity index (χ4v) is 2.36. The molecule has 1 fully saturated rings. The minimum absolute atomic E-state index is 0.103. The second-order valence-corrected chi connectivity index (χ2v) is 5.14. The lowest BCUT2D eigenvalue weighted by atomic mass is 10.1. The fraction of sp³-hybridized carbons (Fsp3) is 0.500. The maximum absolute atomic E-state index is 10.9. The normalized spacial score (nSPS) is 15.6. The molecular weight excluding hydrogens is 256 g/mol. The number of nitro benzene ring substituents is 1. The van der Waals surface area contributed by atoms with E-state index in [-0.39, 0.29) is 10.6 Å². The lowest BCUT2D eigenvalue weighted by Crippen LogP contribution is -2.30. The summed E-state index contributed by atoms with van der Waals surface area (Å²) in [4.78, 5) is 12.8. The second-order valence-electron chi connectivity index (χ2n) is 5.14. The minimum atomic E-state index is -0.368. The maximum Gasteiger partial charge on any atom is 0.270 e. The molecule has 1 aliphatic heterocycles. The van der Waals surface area contributed by atoms with Crippen LogP contribution in [0.1, 0.15) is 24.8 Å². The van der Waals surface area contributed by atoms with Crippen molar-refractivity contribution in [1.82, 2.24) is 5.01 Å². The Hall–Kier alpha value is -2.11. The van der Waals surface area contributed by atoms with Crippen LogP contribution in [0.4, 0.5) is 11.4 Å². The predicted molar refractivity (Wildman–Crippen MR) is 80.4 cm³/mol. The van der Waals surface area contributed by atoms with E-state index in [1.165, 1.54) is 19.3 Å². The van der Waals surface area contributed by atoms with Gasteiger partial charge in [0.05, 0.1) is 11.1 Å². The average Bonchev–Trinajstić information content (AvgIpc) is 2.45. The molecule has 0 aromatic heterocycles. The molecule has 108 valence electrons.